The highest BCUT2D eigenvalue weighted by molar-refractivity contribution is 6.07. The number of hydrogen-bond acceptors (Lipinski definition) is 5. The Morgan fingerprint density at radius 2 is 1.97 bits per heavy atom. The summed E-state index contributed by atoms with van der Waals surface area (Å²) < 4.78 is 13.1. The standard InChI is InChI=1S/C28H35N3O4/c1-9-20-13-22-21-10-11-29-18(4)25(21)26(32)31(8)23(22)14-24(20)34-16-19(12-17(2)3)15-30-27(33)35-28(5,6)7/h9-11,13-15,17,19H,1,12,16H2,2-8H3. The van der Waals surface area contributed by atoms with Gasteiger partial charge in [0.05, 0.1) is 23.2 Å². The predicted octanol–water partition coefficient (Wildman–Crippen LogP) is 6.09. The number of aliphatic imine (C=N–C) groups is 1. The van der Waals surface area contributed by atoms with Gasteiger partial charge in [-0.25, -0.2) is 4.79 Å². The molecule has 0 N–H and O–H groups in total. The highest BCUT2D eigenvalue weighted by atomic mass is 16.6. The summed E-state index contributed by atoms with van der Waals surface area (Å²) in [4.78, 5) is 33.4. The van der Waals surface area contributed by atoms with Crippen molar-refractivity contribution in [3.8, 4) is 5.75 Å². The Balaban J connectivity index is 1.97. The zero-order valence-electron chi connectivity index (χ0n) is 21.7. The van der Waals surface area contributed by atoms with Crippen molar-refractivity contribution >= 4 is 40.1 Å². The molecular formula is C28H35N3O4. The fraction of sp³-hybridized carbons (Fsp3) is 0.429. The number of benzene rings is 1. The van der Waals surface area contributed by atoms with Crippen LogP contribution in [0.3, 0.4) is 0 Å². The summed E-state index contributed by atoms with van der Waals surface area (Å²) in [7, 11) is 1.75. The summed E-state index contributed by atoms with van der Waals surface area (Å²) in [5.74, 6) is 0.908. The van der Waals surface area contributed by atoms with Crippen molar-refractivity contribution in [1.29, 1.82) is 0 Å². The van der Waals surface area contributed by atoms with E-state index in [9.17, 15) is 9.59 Å². The number of carbonyl (C=O) groups is 1. The zero-order chi connectivity index (χ0) is 25.9. The van der Waals surface area contributed by atoms with Gasteiger partial charge in [-0.2, -0.15) is 4.99 Å². The molecule has 1 amide bonds. The van der Waals surface area contributed by atoms with Crippen LogP contribution in [0.5, 0.6) is 5.75 Å². The number of fused-ring (bicyclic) bond motifs is 3. The van der Waals surface area contributed by atoms with Crippen LogP contribution in [0.15, 0.2) is 40.8 Å². The topological polar surface area (TPSA) is 82.8 Å². The molecule has 0 aliphatic rings. The van der Waals surface area contributed by atoms with Gasteiger partial charge in [-0.1, -0.05) is 26.5 Å². The van der Waals surface area contributed by atoms with Gasteiger partial charge in [0.15, 0.2) is 0 Å². The Kier molecular flexibility index (Phi) is 7.78. The molecule has 0 spiro atoms. The van der Waals surface area contributed by atoms with Gasteiger partial charge in [0.25, 0.3) is 5.56 Å². The number of hydrogen-bond donors (Lipinski definition) is 0. The normalized spacial score (nSPS) is 13.0. The Hall–Kier alpha value is -3.48. The molecule has 7 heteroatoms. The van der Waals surface area contributed by atoms with E-state index < -0.39 is 11.7 Å². The lowest BCUT2D eigenvalue weighted by molar-refractivity contribution is 0.0604. The maximum Gasteiger partial charge on any atom is 0.433 e. The van der Waals surface area contributed by atoms with Crippen LogP contribution in [0.1, 0.15) is 52.3 Å². The average Bonchev–Trinajstić information content (AvgIpc) is 2.77. The summed E-state index contributed by atoms with van der Waals surface area (Å²) in [6.07, 6.45) is 5.25. The van der Waals surface area contributed by atoms with E-state index in [1.54, 1.807) is 50.9 Å². The van der Waals surface area contributed by atoms with Gasteiger partial charge in [-0.05, 0) is 57.6 Å². The van der Waals surface area contributed by atoms with Crippen LogP contribution in [-0.2, 0) is 11.8 Å². The summed E-state index contributed by atoms with van der Waals surface area (Å²) in [5, 5.41) is 2.40. The quantitative estimate of drug-likeness (QED) is 0.304. The number of ether oxygens (including phenoxy) is 2. The van der Waals surface area contributed by atoms with Crippen molar-refractivity contribution < 1.29 is 14.3 Å². The summed E-state index contributed by atoms with van der Waals surface area (Å²) in [6, 6.07) is 5.73. The molecule has 0 saturated heterocycles. The first-order chi connectivity index (χ1) is 16.4. The maximum atomic E-state index is 13.1. The number of rotatable bonds is 7. The molecule has 3 aromatic rings. The van der Waals surface area contributed by atoms with Gasteiger partial charge in [0, 0.05) is 42.4 Å². The van der Waals surface area contributed by atoms with E-state index in [-0.39, 0.29) is 11.5 Å². The summed E-state index contributed by atoms with van der Waals surface area (Å²) in [5.41, 5.74) is 1.58. The van der Waals surface area contributed by atoms with Crippen molar-refractivity contribution in [2.24, 2.45) is 23.9 Å². The van der Waals surface area contributed by atoms with Crippen LogP contribution in [0.25, 0.3) is 27.8 Å². The lowest BCUT2D eigenvalue weighted by atomic mass is 9.99. The minimum Gasteiger partial charge on any atom is -0.492 e. The van der Waals surface area contributed by atoms with Crippen molar-refractivity contribution in [3.05, 3.63) is 52.6 Å². The molecule has 0 bridgehead atoms. The fourth-order valence-electron chi connectivity index (χ4n) is 4.13. The molecule has 2 aromatic heterocycles. The van der Waals surface area contributed by atoms with Crippen molar-refractivity contribution in [1.82, 2.24) is 9.55 Å². The lowest BCUT2D eigenvalue weighted by Crippen LogP contribution is -2.23. The molecule has 0 saturated carbocycles. The molecule has 2 heterocycles. The average molecular weight is 478 g/mol. The highest BCUT2D eigenvalue weighted by Crippen LogP contribution is 2.31. The van der Waals surface area contributed by atoms with E-state index in [1.165, 1.54) is 0 Å². The molecular weight excluding hydrogens is 442 g/mol. The van der Waals surface area contributed by atoms with Gasteiger partial charge >= 0.3 is 6.09 Å². The minimum atomic E-state index is -0.615. The van der Waals surface area contributed by atoms with E-state index in [0.29, 0.717) is 29.4 Å². The van der Waals surface area contributed by atoms with Gasteiger partial charge in [0.2, 0.25) is 0 Å². The van der Waals surface area contributed by atoms with E-state index in [2.05, 4.69) is 30.4 Å². The Morgan fingerprint density at radius 3 is 2.60 bits per heavy atom. The third-order valence-corrected chi connectivity index (χ3v) is 5.67. The van der Waals surface area contributed by atoms with Crippen molar-refractivity contribution in [2.75, 3.05) is 6.61 Å². The van der Waals surface area contributed by atoms with Gasteiger partial charge < -0.3 is 14.0 Å². The third kappa shape index (κ3) is 6.15. The number of nitrogens with zero attached hydrogens (tertiary/aromatic N) is 3. The second-order valence-corrected chi connectivity index (χ2v) is 10.3. The van der Waals surface area contributed by atoms with Gasteiger partial charge in [-0.3, -0.25) is 9.78 Å². The molecule has 0 fully saturated rings. The fourth-order valence-corrected chi connectivity index (χ4v) is 4.13. The van der Waals surface area contributed by atoms with E-state index in [1.807, 2.05) is 25.1 Å². The molecule has 7 nitrogen and oxygen atoms in total. The highest BCUT2D eigenvalue weighted by Gasteiger charge is 2.18. The zero-order valence-corrected chi connectivity index (χ0v) is 21.7. The first-order valence-corrected chi connectivity index (χ1v) is 11.9. The molecule has 186 valence electrons. The van der Waals surface area contributed by atoms with E-state index in [0.717, 1.165) is 28.3 Å². The smallest absolute Gasteiger partial charge is 0.433 e. The maximum absolute atomic E-state index is 13.1. The Bertz CT molecular complexity index is 1350. The van der Waals surface area contributed by atoms with Gasteiger partial charge in [0.1, 0.15) is 11.4 Å². The molecule has 1 unspecified atom stereocenters. The molecule has 1 aromatic carbocycles. The van der Waals surface area contributed by atoms with E-state index in [4.69, 9.17) is 9.47 Å². The first-order valence-electron chi connectivity index (χ1n) is 11.9. The first kappa shape index (κ1) is 26.1. The number of carbonyl (C=O) groups excluding carboxylic acids is 1. The second kappa shape index (κ2) is 10.4. The van der Waals surface area contributed by atoms with Crippen LogP contribution in [-0.4, -0.2) is 34.1 Å². The molecule has 1 atom stereocenters. The van der Waals surface area contributed by atoms with Crippen molar-refractivity contribution in [3.63, 3.8) is 0 Å². The number of aromatic nitrogens is 2. The van der Waals surface area contributed by atoms with E-state index >= 15 is 0 Å². The summed E-state index contributed by atoms with van der Waals surface area (Å²) >= 11 is 0. The minimum absolute atomic E-state index is 0.0926. The molecule has 3 rings (SSSR count). The number of aryl methyl sites for hydroxylation is 2. The van der Waals surface area contributed by atoms with Crippen LogP contribution >= 0.6 is 0 Å². The SMILES string of the molecule is C=Cc1cc2c3ccnc(C)c3c(=O)n(C)c2cc1OCC(C=NC(=O)OC(C)(C)C)CC(C)C. The van der Waals surface area contributed by atoms with Crippen LogP contribution in [0, 0.1) is 18.8 Å². The van der Waals surface area contributed by atoms with Crippen LogP contribution in [0.4, 0.5) is 4.79 Å². The Labute approximate surface area is 206 Å². The largest absolute Gasteiger partial charge is 0.492 e. The molecule has 35 heavy (non-hydrogen) atoms. The Morgan fingerprint density at radius 1 is 1.26 bits per heavy atom. The molecule has 0 aliphatic carbocycles. The molecule has 0 aliphatic heterocycles. The molecule has 0 radical (unpaired) electrons. The summed E-state index contributed by atoms with van der Waals surface area (Å²) in [6.45, 7) is 15.8. The third-order valence-electron chi connectivity index (χ3n) is 5.67. The van der Waals surface area contributed by atoms with Gasteiger partial charge in [-0.15, -0.1) is 0 Å². The number of amides is 1. The number of pyridine rings is 2. The lowest BCUT2D eigenvalue weighted by Gasteiger charge is -2.19. The van der Waals surface area contributed by atoms with Crippen LogP contribution < -0.4 is 10.3 Å². The monoisotopic (exact) mass is 477 g/mol. The van der Waals surface area contributed by atoms with Crippen molar-refractivity contribution in [2.45, 2.75) is 53.6 Å². The van der Waals surface area contributed by atoms with Crippen LogP contribution in [0.2, 0.25) is 0 Å². The second-order valence-electron chi connectivity index (χ2n) is 10.3. The predicted molar refractivity (Wildman–Crippen MR) is 142 cm³/mol.